The topological polar surface area (TPSA) is 21.3 Å². The summed E-state index contributed by atoms with van der Waals surface area (Å²) in [5, 5.41) is 4.03. The van der Waals surface area contributed by atoms with Crippen molar-refractivity contribution in [2.24, 2.45) is 0 Å². The number of hydrogen-bond donors (Lipinski definition) is 1. The zero-order valence-electron chi connectivity index (χ0n) is 11.5. The Bertz CT molecular complexity index is 588. The predicted octanol–water partition coefficient (Wildman–Crippen LogP) is 4.61. The van der Waals surface area contributed by atoms with E-state index in [0.717, 1.165) is 22.2 Å². The van der Waals surface area contributed by atoms with E-state index in [1.165, 1.54) is 5.56 Å². The van der Waals surface area contributed by atoms with E-state index in [0.29, 0.717) is 5.02 Å². The van der Waals surface area contributed by atoms with E-state index >= 15 is 0 Å². The zero-order chi connectivity index (χ0) is 14.5. The molecule has 1 unspecified atom stereocenters. The summed E-state index contributed by atoms with van der Waals surface area (Å²) in [7, 11) is 3.62. The van der Waals surface area contributed by atoms with Gasteiger partial charge in [0.1, 0.15) is 5.75 Å². The van der Waals surface area contributed by atoms with Crippen LogP contribution < -0.4 is 10.1 Å². The van der Waals surface area contributed by atoms with E-state index in [4.69, 9.17) is 16.3 Å². The summed E-state index contributed by atoms with van der Waals surface area (Å²) in [4.78, 5) is 0. The van der Waals surface area contributed by atoms with Crippen LogP contribution in [-0.4, -0.2) is 14.2 Å². The van der Waals surface area contributed by atoms with Gasteiger partial charge in [-0.2, -0.15) is 0 Å². The van der Waals surface area contributed by atoms with Crippen LogP contribution in [0.5, 0.6) is 5.75 Å². The molecule has 0 bridgehead atoms. The maximum atomic E-state index is 6.02. The Kier molecular flexibility index (Phi) is 5.46. The highest BCUT2D eigenvalue weighted by Crippen LogP contribution is 2.31. The molecule has 20 heavy (non-hydrogen) atoms. The SMILES string of the molecule is CNC(Cc1ccccc1Br)c1ccc(Cl)cc1OC. The summed E-state index contributed by atoms with van der Waals surface area (Å²) in [6.07, 6.45) is 0.871. The van der Waals surface area contributed by atoms with Crippen LogP contribution in [0.2, 0.25) is 5.02 Å². The fraction of sp³-hybridized carbons (Fsp3) is 0.250. The van der Waals surface area contributed by atoms with Crippen molar-refractivity contribution in [3.8, 4) is 5.75 Å². The van der Waals surface area contributed by atoms with Crippen molar-refractivity contribution in [2.75, 3.05) is 14.2 Å². The van der Waals surface area contributed by atoms with E-state index < -0.39 is 0 Å². The summed E-state index contributed by atoms with van der Waals surface area (Å²) < 4.78 is 6.56. The van der Waals surface area contributed by atoms with Gasteiger partial charge in [0.25, 0.3) is 0 Å². The zero-order valence-corrected chi connectivity index (χ0v) is 13.8. The van der Waals surface area contributed by atoms with Gasteiger partial charge in [-0.3, -0.25) is 0 Å². The summed E-state index contributed by atoms with van der Waals surface area (Å²) in [6.45, 7) is 0. The number of halogens is 2. The average Bonchev–Trinajstić information content (AvgIpc) is 2.46. The third kappa shape index (κ3) is 3.54. The number of hydrogen-bond acceptors (Lipinski definition) is 2. The molecule has 4 heteroatoms. The smallest absolute Gasteiger partial charge is 0.125 e. The van der Waals surface area contributed by atoms with Gasteiger partial charge in [0.15, 0.2) is 0 Å². The Hall–Kier alpha value is -1.03. The van der Waals surface area contributed by atoms with Crippen LogP contribution in [0.1, 0.15) is 17.2 Å². The number of benzene rings is 2. The Morgan fingerprint density at radius 2 is 2.00 bits per heavy atom. The van der Waals surface area contributed by atoms with Crippen molar-refractivity contribution in [1.82, 2.24) is 5.32 Å². The molecular formula is C16H17BrClNO. The summed E-state index contributed by atoms with van der Waals surface area (Å²) in [5.41, 5.74) is 2.36. The van der Waals surface area contributed by atoms with Gasteiger partial charge in [0.05, 0.1) is 7.11 Å². The van der Waals surface area contributed by atoms with E-state index in [1.807, 2.05) is 37.4 Å². The third-order valence-corrected chi connectivity index (χ3v) is 4.31. The predicted molar refractivity (Wildman–Crippen MR) is 87.7 cm³/mol. The van der Waals surface area contributed by atoms with Gasteiger partial charge in [-0.05, 0) is 37.2 Å². The highest BCUT2D eigenvalue weighted by molar-refractivity contribution is 9.10. The average molecular weight is 355 g/mol. The molecule has 2 rings (SSSR count). The lowest BCUT2D eigenvalue weighted by Gasteiger charge is -2.20. The molecule has 0 saturated heterocycles. The number of likely N-dealkylation sites (N-methyl/N-ethyl adjacent to an activating group) is 1. The number of ether oxygens (including phenoxy) is 1. The Labute approximate surface area is 133 Å². The molecule has 1 atom stereocenters. The van der Waals surface area contributed by atoms with Crippen LogP contribution >= 0.6 is 27.5 Å². The molecule has 2 nitrogen and oxygen atoms in total. The molecule has 2 aromatic carbocycles. The highest BCUT2D eigenvalue weighted by Gasteiger charge is 2.16. The summed E-state index contributed by atoms with van der Waals surface area (Å²) in [5.74, 6) is 0.809. The van der Waals surface area contributed by atoms with Crippen molar-refractivity contribution in [3.05, 3.63) is 63.1 Å². The first-order valence-electron chi connectivity index (χ1n) is 6.39. The van der Waals surface area contributed by atoms with Crippen molar-refractivity contribution in [1.29, 1.82) is 0 Å². The first-order chi connectivity index (χ1) is 9.65. The molecule has 0 aliphatic carbocycles. The monoisotopic (exact) mass is 353 g/mol. The number of nitrogens with one attached hydrogen (secondary N) is 1. The van der Waals surface area contributed by atoms with Crippen LogP contribution in [0.4, 0.5) is 0 Å². The highest BCUT2D eigenvalue weighted by atomic mass is 79.9. The van der Waals surface area contributed by atoms with Gasteiger partial charge in [-0.1, -0.05) is 51.8 Å². The second-order valence-corrected chi connectivity index (χ2v) is 5.81. The maximum absolute atomic E-state index is 6.02. The second kappa shape index (κ2) is 7.11. The minimum atomic E-state index is 0.168. The van der Waals surface area contributed by atoms with Gasteiger partial charge in [-0.25, -0.2) is 0 Å². The Morgan fingerprint density at radius 3 is 2.65 bits per heavy atom. The van der Waals surface area contributed by atoms with E-state index in [9.17, 15) is 0 Å². The van der Waals surface area contributed by atoms with Crippen molar-refractivity contribution >= 4 is 27.5 Å². The fourth-order valence-corrected chi connectivity index (χ4v) is 2.83. The van der Waals surface area contributed by atoms with Crippen LogP contribution in [-0.2, 0) is 6.42 Å². The number of rotatable bonds is 5. The first kappa shape index (κ1) is 15.4. The molecule has 2 aromatic rings. The van der Waals surface area contributed by atoms with Gasteiger partial charge < -0.3 is 10.1 Å². The Balaban J connectivity index is 2.31. The van der Waals surface area contributed by atoms with Gasteiger partial charge >= 0.3 is 0 Å². The lowest BCUT2D eigenvalue weighted by molar-refractivity contribution is 0.401. The van der Waals surface area contributed by atoms with Crippen LogP contribution in [0.25, 0.3) is 0 Å². The van der Waals surface area contributed by atoms with E-state index in [1.54, 1.807) is 7.11 Å². The molecule has 106 valence electrons. The van der Waals surface area contributed by atoms with Crippen LogP contribution in [0.3, 0.4) is 0 Å². The minimum Gasteiger partial charge on any atom is -0.496 e. The van der Waals surface area contributed by atoms with Gasteiger partial charge in [0, 0.05) is 21.1 Å². The van der Waals surface area contributed by atoms with E-state index in [-0.39, 0.29) is 6.04 Å². The van der Waals surface area contributed by atoms with Crippen LogP contribution in [0, 0.1) is 0 Å². The molecule has 0 fully saturated rings. The normalized spacial score (nSPS) is 12.2. The second-order valence-electron chi connectivity index (χ2n) is 4.52. The lowest BCUT2D eigenvalue weighted by Crippen LogP contribution is -2.19. The molecule has 0 heterocycles. The fourth-order valence-electron chi connectivity index (χ4n) is 2.22. The first-order valence-corrected chi connectivity index (χ1v) is 7.57. The standard InChI is InChI=1S/C16H17BrClNO/c1-19-15(9-11-5-3-4-6-14(11)17)13-8-7-12(18)10-16(13)20-2/h3-8,10,15,19H,9H2,1-2H3. The van der Waals surface area contributed by atoms with Crippen molar-refractivity contribution in [3.63, 3.8) is 0 Å². The Morgan fingerprint density at radius 1 is 1.25 bits per heavy atom. The van der Waals surface area contributed by atoms with Crippen molar-refractivity contribution < 1.29 is 4.74 Å². The molecule has 1 N–H and O–H groups in total. The molecule has 0 aliphatic heterocycles. The van der Waals surface area contributed by atoms with Crippen molar-refractivity contribution in [2.45, 2.75) is 12.5 Å². The van der Waals surface area contributed by atoms with Crippen LogP contribution in [0.15, 0.2) is 46.9 Å². The minimum absolute atomic E-state index is 0.168. The molecule has 0 aromatic heterocycles. The summed E-state index contributed by atoms with van der Waals surface area (Å²) in [6, 6.07) is 14.2. The van der Waals surface area contributed by atoms with Gasteiger partial charge in [-0.15, -0.1) is 0 Å². The van der Waals surface area contributed by atoms with Gasteiger partial charge in [0.2, 0.25) is 0 Å². The summed E-state index contributed by atoms with van der Waals surface area (Å²) >= 11 is 9.61. The maximum Gasteiger partial charge on any atom is 0.125 e. The lowest BCUT2D eigenvalue weighted by atomic mass is 9.98. The molecular weight excluding hydrogens is 338 g/mol. The number of methoxy groups -OCH3 is 1. The van der Waals surface area contributed by atoms with E-state index in [2.05, 4.69) is 33.4 Å². The largest absolute Gasteiger partial charge is 0.496 e. The third-order valence-electron chi connectivity index (χ3n) is 3.30. The molecule has 0 radical (unpaired) electrons. The quantitative estimate of drug-likeness (QED) is 0.846. The molecule has 0 saturated carbocycles. The molecule has 0 amide bonds. The molecule has 0 spiro atoms. The molecule has 0 aliphatic rings.